The van der Waals surface area contributed by atoms with Crippen LogP contribution in [0.4, 0.5) is 0 Å². The third kappa shape index (κ3) is 26.3. The molecule has 0 N–H and O–H groups in total. The lowest BCUT2D eigenvalue weighted by Gasteiger charge is -2.15. The fourth-order valence-electron chi connectivity index (χ4n) is 13.5. The molecule has 0 aliphatic carbocycles. The van der Waals surface area contributed by atoms with Crippen LogP contribution in [0.15, 0.2) is 255 Å². The van der Waals surface area contributed by atoms with Crippen molar-refractivity contribution in [3.63, 3.8) is 0 Å². The Morgan fingerprint density at radius 2 is 0.333 bits per heavy atom. The Morgan fingerprint density at radius 3 is 0.593 bits per heavy atom. The van der Waals surface area contributed by atoms with E-state index in [9.17, 15) is 0 Å². The average Bonchev–Trinajstić information content (AvgIpc) is 0.811. The lowest BCUT2D eigenvalue weighted by Crippen LogP contribution is -1.95. The highest BCUT2D eigenvalue weighted by Gasteiger charge is 2.14. The van der Waals surface area contributed by atoms with Crippen molar-refractivity contribution in [1.29, 1.82) is 0 Å². The van der Waals surface area contributed by atoms with E-state index >= 15 is 0 Å². The van der Waals surface area contributed by atoms with E-state index in [1.54, 1.807) is 0 Å². The molecule has 0 aliphatic heterocycles. The molecular formula is C108H140. The molecule has 572 valence electrons. The van der Waals surface area contributed by atoms with Crippen LogP contribution in [0, 0.1) is 0 Å². The second kappa shape index (κ2) is 43.0. The lowest BCUT2D eigenvalue weighted by molar-refractivity contribution is 0.834. The summed E-state index contributed by atoms with van der Waals surface area (Å²) >= 11 is 0. The normalized spacial score (nSPS) is 11.4. The van der Waals surface area contributed by atoms with Crippen molar-refractivity contribution in [2.24, 2.45) is 0 Å². The van der Waals surface area contributed by atoms with Crippen molar-refractivity contribution in [1.82, 2.24) is 0 Å². The molecule has 0 saturated carbocycles. The van der Waals surface area contributed by atoms with Crippen molar-refractivity contribution in [3.05, 3.63) is 333 Å². The van der Waals surface area contributed by atoms with Gasteiger partial charge in [-0.2, -0.15) is 0 Å². The van der Waals surface area contributed by atoms with Gasteiger partial charge in [-0.05, 0) is 215 Å². The Labute approximate surface area is 659 Å². The SMILES string of the molecule is CC(C)c1ccc(-c2ccc(C(C)C)cc2)cc1.CC(C)c1ccc(C(C)C)c2ccccc12.CC(C)c1ccc(C(C)C)cc1.CC(C)c1ccc2cc(C(C)C)ccc2c1.CC(C)c1cccc(-c2cccc(C(C)C)c2)c1.CC(C)c1cccc(C(C)C)c1.CC(C)c1cccc2c(C(C)C)cccc12. The fraction of sp³-hybridized carbons (Fsp3) is 0.389. The van der Waals surface area contributed by atoms with Crippen molar-refractivity contribution in [3.8, 4) is 22.3 Å². The molecule has 12 rings (SSSR count). The lowest BCUT2D eigenvalue weighted by atomic mass is 9.89. The highest BCUT2D eigenvalue weighted by Crippen LogP contribution is 2.35. The van der Waals surface area contributed by atoms with Gasteiger partial charge in [0.25, 0.3) is 0 Å². The van der Waals surface area contributed by atoms with E-state index in [1.807, 2.05) is 0 Å². The summed E-state index contributed by atoms with van der Waals surface area (Å²) in [5, 5.41) is 8.39. The fourth-order valence-corrected chi connectivity index (χ4v) is 13.5. The third-order valence-corrected chi connectivity index (χ3v) is 21.1. The van der Waals surface area contributed by atoms with Gasteiger partial charge in [0.1, 0.15) is 0 Å². The minimum Gasteiger partial charge on any atom is -0.0617 e. The van der Waals surface area contributed by atoms with Gasteiger partial charge in [-0.25, -0.2) is 0 Å². The average molecular weight is 1440 g/mol. The zero-order chi connectivity index (χ0) is 79.6. The van der Waals surface area contributed by atoms with E-state index in [0.717, 1.165) is 0 Å². The number of hydrogen-bond donors (Lipinski definition) is 0. The predicted molar refractivity (Wildman–Crippen MR) is 486 cm³/mol. The van der Waals surface area contributed by atoms with Gasteiger partial charge in [-0.3, -0.25) is 0 Å². The molecule has 0 unspecified atom stereocenters. The Morgan fingerprint density at radius 1 is 0.130 bits per heavy atom. The van der Waals surface area contributed by atoms with Gasteiger partial charge in [-0.15, -0.1) is 0 Å². The van der Waals surface area contributed by atoms with Crippen LogP contribution in [0.2, 0.25) is 0 Å². The van der Waals surface area contributed by atoms with Crippen molar-refractivity contribution in [2.75, 3.05) is 0 Å². The number of benzene rings is 12. The predicted octanol–water partition coefficient (Wildman–Crippen LogP) is 34.3. The Balaban J connectivity index is 0.000000198. The summed E-state index contributed by atoms with van der Waals surface area (Å²) in [7, 11) is 0. The Kier molecular flexibility index (Phi) is 35.1. The molecule has 0 heteroatoms. The Hall–Kier alpha value is -8.58. The summed E-state index contributed by atoms with van der Waals surface area (Å²) in [6, 6.07) is 93.7. The van der Waals surface area contributed by atoms with Crippen LogP contribution >= 0.6 is 0 Å². The van der Waals surface area contributed by atoms with Crippen LogP contribution < -0.4 is 0 Å². The summed E-state index contributed by atoms with van der Waals surface area (Å²) < 4.78 is 0. The van der Waals surface area contributed by atoms with Gasteiger partial charge < -0.3 is 0 Å². The monoisotopic (exact) mass is 1440 g/mol. The minimum atomic E-state index is 0.582. The second-order valence-electron chi connectivity index (χ2n) is 34.4. The molecule has 0 bridgehead atoms. The third-order valence-electron chi connectivity index (χ3n) is 21.1. The molecule has 12 aromatic carbocycles. The zero-order valence-corrected chi connectivity index (χ0v) is 72.3. The maximum absolute atomic E-state index is 2.31. The topological polar surface area (TPSA) is 0 Å². The van der Waals surface area contributed by atoms with Crippen molar-refractivity contribution >= 4 is 32.3 Å². The van der Waals surface area contributed by atoms with E-state index in [-0.39, 0.29) is 0 Å². The van der Waals surface area contributed by atoms with E-state index in [4.69, 9.17) is 0 Å². The van der Waals surface area contributed by atoms with Crippen LogP contribution in [0.1, 0.15) is 355 Å². The van der Waals surface area contributed by atoms with Gasteiger partial charge in [0.15, 0.2) is 0 Å². The van der Waals surface area contributed by atoms with Crippen molar-refractivity contribution in [2.45, 2.75) is 277 Å². The van der Waals surface area contributed by atoms with Crippen LogP contribution in [0.3, 0.4) is 0 Å². The molecular weight excluding hydrogens is 1300 g/mol. The van der Waals surface area contributed by atoms with Crippen LogP contribution in [0.25, 0.3) is 54.6 Å². The molecule has 0 radical (unpaired) electrons. The first-order chi connectivity index (χ1) is 51.2. The van der Waals surface area contributed by atoms with E-state index in [2.05, 4.69) is 449 Å². The van der Waals surface area contributed by atoms with E-state index < -0.39 is 0 Å². The summed E-state index contributed by atoms with van der Waals surface area (Å²) in [6.07, 6.45) is 0. The maximum atomic E-state index is 2.31. The molecule has 0 amide bonds. The molecule has 12 aromatic rings. The summed E-state index contributed by atoms with van der Waals surface area (Å²) in [6.45, 7) is 62.8. The van der Waals surface area contributed by atoms with Gasteiger partial charge in [-0.1, -0.05) is 449 Å². The maximum Gasteiger partial charge on any atom is -0.0146 e. The molecule has 0 fully saturated rings. The molecule has 0 spiro atoms. The molecule has 0 nitrogen and oxygen atoms in total. The number of hydrogen-bond acceptors (Lipinski definition) is 0. The number of fused-ring (bicyclic) bond motifs is 3. The molecule has 0 aliphatic rings. The minimum absolute atomic E-state index is 0.582. The van der Waals surface area contributed by atoms with Crippen LogP contribution in [-0.4, -0.2) is 0 Å². The molecule has 0 aromatic heterocycles. The summed E-state index contributed by atoms with van der Waals surface area (Å²) in [4.78, 5) is 0. The quantitative estimate of drug-likeness (QED) is 0.0904. The van der Waals surface area contributed by atoms with Gasteiger partial charge >= 0.3 is 0 Å². The summed E-state index contributed by atoms with van der Waals surface area (Å²) in [5.74, 6) is 8.50. The molecule has 0 saturated heterocycles. The van der Waals surface area contributed by atoms with Crippen LogP contribution in [-0.2, 0) is 0 Å². The van der Waals surface area contributed by atoms with E-state index in [1.165, 1.54) is 132 Å². The summed E-state index contributed by atoms with van der Waals surface area (Å²) in [5.41, 5.74) is 25.3. The first-order valence-corrected chi connectivity index (χ1v) is 41.3. The van der Waals surface area contributed by atoms with Crippen LogP contribution in [0.5, 0.6) is 0 Å². The highest BCUT2D eigenvalue weighted by molar-refractivity contribution is 5.90. The highest BCUT2D eigenvalue weighted by atomic mass is 14.2. The zero-order valence-electron chi connectivity index (χ0n) is 72.3. The molecule has 0 atom stereocenters. The Bertz CT molecular complexity index is 4270. The number of rotatable bonds is 16. The molecule has 108 heavy (non-hydrogen) atoms. The van der Waals surface area contributed by atoms with Crippen molar-refractivity contribution < 1.29 is 0 Å². The van der Waals surface area contributed by atoms with E-state index in [0.29, 0.717) is 82.9 Å². The van der Waals surface area contributed by atoms with Gasteiger partial charge in [0.05, 0.1) is 0 Å². The first kappa shape index (κ1) is 88.3. The molecule has 0 heterocycles. The second-order valence-corrected chi connectivity index (χ2v) is 34.4. The van der Waals surface area contributed by atoms with Gasteiger partial charge in [0, 0.05) is 0 Å². The smallest absolute Gasteiger partial charge is 0.0146 e. The van der Waals surface area contributed by atoms with Gasteiger partial charge in [0.2, 0.25) is 0 Å². The largest absolute Gasteiger partial charge is 0.0617 e. The first-order valence-electron chi connectivity index (χ1n) is 41.3. The standard InChI is InChI=1S/2C18H22.3C16H20.2C12H18/c1-13(2)15-5-9-17(10-6-15)18-11-7-16(8-12-18)14(3)4;1-13(2)15-7-5-9-17(11-15)18-10-6-8-16(12-18)14(3)4;1-11(2)13-5-7-16-10-14(12(3)4)6-8-15(16)9-13;1-11(2)13-7-5-10-16-14(12(3)4)8-6-9-15(13)16;1-11(2)13-9-10-14(12(3)4)16-8-6-5-7-15(13)16;1-9(2)11-5-7-12(8-6-11)10(3)4;1-9(2)11-6-5-7-12(8-11)10(3)4/h2*5-14H,1-4H3;3*5-12H,1-4H3;2*5-10H,1-4H3.